The monoisotopic (exact) mass is 619 g/mol. The van der Waals surface area contributed by atoms with Crippen LogP contribution in [0.15, 0.2) is 89.9 Å². The predicted octanol–water partition coefficient (Wildman–Crippen LogP) is 2.95. The number of aliphatic imine (C=N–C) groups is 1. The molecule has 230 valence electrons. The molecule has 1 fully saturated rings. The van der Waals surface area contributed by atoms with Crippen LogP contribution in [0.1, 0.15) is 33.3 Å². The van der Waals surface area contributed by atoms with Crippen LogP contribution in [0.5, 0.6) is 0 Å². The number of carbonyl (C=O) groups is 4. The quantitative estimate of drug-likeness (QED) is 0.146. The summed E-state index contributed by atoms with van der Waals surface area (Å²) in [5, 5.41) is 3.28. The molecule has 1 aliphatic rings. The highest BCUT2D eigenvalue weighted by atomic mass is 31.1. The van der Waals surface area contributed by atoms with Gasteiger partial charge in [-0.3, -0.25) is 24.2 Å². The lowest BCUT2D eigenvalue weighted by Gasteiger charge is -2.42. The fourth-order valence-electron chi connectivity index (χ4n) is 4.85. The summed E-state index contributed by atoms with van der Waals surface area (Å²) in [6, 6.07) is 26.9. The number of hydrogen-bond acceptors (Lipinski definition) is 10. The van der Waals surface area contributed by atoms with Gasteiger partial charge in [0.2, 0.25) is 6.29 Å². The van der Waals surface area contributed by atoms with Gasteiger partial charge in [0, 0.05) is 39.5 Å². The van der Waals surface area contributed by atoms with E-state index in [1.54, 1.807) is 6.21 Å². The molecule has 1 heterocycles. The number of esters is 4. The van der Waals surface area contributed by atoms with Gasteiger partial charge in [-0.2, -0.15) is 0 Å². The predicted molar refractivity (Wildman–Crippen MR) is 165 cm³/mol. The standard InChI is InChI=1S/C33H34NO9P/c1-21(35)39-20-28-31(40-22(2)36)32(41-23(3)37)30(33(43-28)42-24(4)38)34-19-25-13-11-12-18-29(25)44(26-14-7-5-8-15-26)27-16-9-6-10-17-27/h5-19,28,30-33H,20H2,1-4H3/t28-,30-,31-,32-,33-/m1/s1. The van der Waals surface area contributed by atoms with Crippen molar-refractivity contribution < 1.29 is 42.9 Å². The van der Waals surface area contributed by atoms with Gasteiger partial charge < -0.3 is 23.7 Å². The van der Waals surface area contributed by atoms with E-state index >= 15 is 0 Å². The maximum atomic E-state index is 12.3. The van der Waals surface area contributed by atoms with Crippen LogP contribution >= 0.6 is 7.92 Å². The molecule has 1 aliphatic heterocycles. The minimum absolute atomic E-state index is 0.347. The fraction of sp³-hybridized carbons (Fsp3) is 0.303. The zero-order chi connectivity index (χ0) is 31.6. The minimum Gasteiger partial charge on any atom is -0.463 e. The van der Waals surface area contributed by atoms with Crippen molar-refractivity contribution in [3.8, 4) is 0 Å². The largest absolute Gasteiger partial charge is 0.463 e. The summed E-state index contributed by atoms with van der Waals surface area (Å²) < 4.78 is 27.7. The molecule has 5 atom stereocenters. The lowest BCUT2D eigenvalue weighted by molar-refractivity contribution is -0.266. The van der Waals surface area contributed by atoms with E-state index in [4.69, 9.17) is 28.7 Å². The van der Waals surface area contributed by atoms with E-state index in [9.17, 15) is 19.2 Å². The van der Waals surface area contributed by atoms with Gasteiger partial charge in [0.25, 0.3) is 0 Å². The molecule has 4 rings (SSSR count). The normalized spacial score (nSPS) is 21.4. The van der Waals surface area contributed by atoms with Crippen LogP contribution in [0, 0.1) is 0 Å². The van der Waals surface area contributed by atoms with E-state index in [0.29, 0.717) is 0 Å². The third kappa shape index (κ3) is 8.58. The van der Waals surface area contributed by atoms with Gasteiger partial charge in [-0.15, -0.1) is 0 Å². The second-order valence-electron chi connectivity index (χ2n) is 9.94. The van der Waals surface area contributed by atoms with Gasteiger partial charge >= 0.3 is 23.9 Å². The Labute approximate surface area is 257 Å². The Morgan fingerprint density at radius 1 is 0.705 bits per heavy atom. The smallest absolute Gasteiger partial charge is 0.305 e. The van der Waals surface area contributed by atoms with E-state index in [1.807, 2.05) is 60.7 Å². The molecule has 0 spiro atoms. The van der Waals surface area contributed by atoms with E-state index in [1.165, 1.54) is 27.7 Å². The fourth-order valence-corrected chi connectivity index (χ4v) is 7.27. The van der Waals surface area contributed by atoms with E-state index in [2.05, 4.69) is 24.3 Å². The number of benzene rings is 3. The molecule has 3 aromatic carbocycles. The molecule has 0 N–H and O–H groups in total. The summed E-state index contributed by atoms with van der Waals surface area (Å²) >= 11 is 0. The van der Waals surface area contributed by atoms with Gasteiger partial charge in [-0.05, 0) is 23.8 Å². The Kier molecular flexibility index (Phi) is 11.4. The van der Waals surface area contributed by atoms with Crippen molar-refractivity contribution in [1.29, 1.82) is 0 Å². The number of ether oxygens (including phenoxy) is 5. The number of carbonyl (C=O) groups excluding carboxylic acids is 4. The third-order valence-corrected chi connectivity index (χ3v) is 9.06. The first-order chi connectivity index (χ1) is 21.1. The van der Waals surface area contributed by atoms with Gasteiger partial charge in [0.05, 0.1) is 0 Å². The van der Waals surface area contributed by atoms with Crippen molar-refractivity contribution in [3.63, 3.8) is 0 Å². The molecule has 0 amide bonds. The summed E-state index contributed by atoms with van der Waals surface area (Å²) in [6.45, 7) is 4.45. The molecule has 10 nitrogen and oxygen atoms in total. The van der Waals surface area contributed by atoms with E-state index in [0.717, 1.165) is 21.5 Å². The zero-order valence-electron chi connectivity index (χ0n) is 24.8. The number of nitrogens with zero attached hydrogens (tertiary/aromatic N) is 1. The molecule has 44 heavy (non-hydrogen) atoms. The summed E-state index contributed by atoms with van der Waals surface area (Å²) in [5.41, 5.74) is 0.778. The van der Waals surface area contributed by atoms with Crippen LogP contribution < -0.4 is 15.9 Å². The highest BCUT2D eigenvalue weighted by Crippen LogP contribution is 2.34. The Hall–Kier alpha value is -4.40. The number of rotatable bonds is 10. The third-order valence-electron chi connectivity index (χ3n) is 6.54. The molecular weight excluding hydrogens is 585 g/mol. The summed E-state index contributed by atoms with van der Waals surface area (Å²) in [6.07, 6.45) is -3.29. The van der Waals surface area contributed by atoms with Crippen molar-refractivity contribution in [3.05, 3.63) is 90.5 Å². The maximum absolute atomic E-state index is 12.3. The Morgan fingerprint density at radius 3 is 1.77 bits per heavy atom. The summed E-state index contributed by atoms with van der Waals surface area (Å²) in [4.78, 5) is 52.8. The van der Waals surface area contributed by atoms with Gasteiger partial charge in [-0.1, -0.05) is 84.9 Å². The maximum Gasteiger partial charge on any atom is 0.305 e. The molecule has 0 aliphatic carbocycles. The van der Waals surface area contributed by atoms with Crippen molar-refractivity contribution >= 4 is 53.9 Å². The first-order valence-corrected chi connectivity index (χ1v) is 15.3. The number of hydrogen-bond donors (Lipinski definition) is 0. The van der Waals surface area contributed by atoms with Crippen molar-refractivity contribution in [2.45, 2.75) is 58.3 Å². The molecule has 0 saturated carbocycles. The average molecular weight is 620 g/mol. The van der Waals surface area contributed by atoms with E-state index < -0.39 is 62.4 Å². The van der Waals surface area contributed by atoms with Gasteiger partial charge in [-0.25, -0.2) is 0 Å². The molecular formula is C33H34NO9P. The van der Waals surface area contributed by atoms with Crippen LogP contribution in [0.3, 0.4) is 0 Å². The Morgan fingerprint density at radius 2 is 1.23 bits per heavy atom. The van der Waals surface area contributed by atoms with Crippen LogP contribution in [-0.4, -0.2) is 67.3 Å². The SMILES string of the molecule is CC(=O)OC[C@H]1O[C@@H](OC(C)=O)[C@H](N=Cc2ccccc2P(c2ccccc2)c2ccccc2)[C@@H](OC(C)=O)[C@@H]1OC(C)=O. The van der Waals surface area contributed by atoms with Crippen LogP contribution in [-0.2, 0) is 42.9 Å². The van der Waals surface area contributed by atoms with Crippen LogP contribution in [0.2, 0.25) is 0 Å². The van der Waals surface area contributed by atoms with Gasteiger partial charge in [0.1, 0.15) is 12.7 Å². The first-order valence-electron chi connectivity index (χ1n) is 14.0. The zero-order valence-corrected chi connectivity index (χ0v) is 25.7. The lowest BCUT2D eigenvalue weighted by atomic mass is 9.96. The molecule has 1 saturated heterocycles. The highest BCUT2D eigenvalue weighted by molar-refractivity contribution is 7.80. The van der Waals surface area contributed by atoms with Crippen LogP contribution in [0.25, 0.3) is 0 Å². The minimum atomic E-state index is -1.35. The van der Waals surface area contributed by atoms with Gasteiger partial charge in [0.15, 0.2) is 18.2 Å². The molecule has 3 aromatic rings. The summed E-state index contributed by atoms with van der Waals surface area (Å²) in [5.74, 6) is -2.64. The summed E-state index contributed by atoms with van der Waals surface area (Å²) in [7, 11) is -0.996. The second-order valence-corrected chi connectivity index (χ2v) is 12.1. The van der Waals surface area contributed by atoms with Crippen molar-refractivity contribution in [2.24, 2.45) is 4.99 Å². The molecule has 0 unspecified atom stereocenters. The first kappa shape index (κ1) is 32.5. The molecule has 11 heteroatoms. The topological polar surface area (TPSA) is 127 Å². The molecule has 0 bridgehead atoms. The molecule has 0 radical (unpaired) electrons. The van der Waals surface area contributed by atoms with Crippen molar-refractivity contribution in [1.82, 2.24) is 0 Å². The second kappa shape index (κ2) is 15.4. The van der Waals surface area contributed by atoms with Crippen LogP contribution in [0.4, 0.5) is 0 Å². The highest BCUT2D eigenvalue weighted by Gasteiger charge is 2.51. The van der Waals surface area contributed by atoms with E-state index in [-0.39, 0.29) is 6.61 Å². The Balaban J connectivity index is 1.79. The van der Waals surface area contributed by atoms with Crippen molar-refractivity contribution in [2.75, 3.05) is 6.61 Å². The Bertz CT molecular complexity index is 1440. The lowest BCUT2D eigenvalue weighted by Crippen LogP contribution is -2.61. The molecule has 0 aromatic heterocycles. The average Bonchev–Trinajstić information content (AvgIpc) is 2.98.